The van der Waals surface area contributed by atoms with Gasteiger partial charge in [0.15, 0.2) is 0 Å². The van der Waals surface area contributed by atoms with Crippen LogP contribution in [0.5, 0.6) is 5.75 Å². The van der Waals surface area contributed by atoms with Gasteiger partial charge < -0.3 is 9.16 Å². The molecule has 49 heavy (non-hydrogen) atoms. The van der Waals surface area contributed by atoms with E-state index in [1.165, 1.54) is 47.2 Å². The van der Waals surface area contributed by atoms with Crippen LogP contribution < -0.4 is 15.1 Å². The summed E-state index contributed by atoms with van der Waals surface area (Å²) in [7, 11) is -1.000. The summed E-state index contributed by atoms with van der Waals surface area (Å²) in [5.41, 5.74) is 4.57. The summed E-state index contributed by atoms with van der Waals surface area (Å²) >= 11 is 0. The first-order chi connectivity index (χ1) is 23.7. The number of methoxy groups -OCH3 is 1. The lowest BCUT2D eigenvalue weighted by Gasteiger charge is -2.53. The van der Waals surface area contributed by atoms with E-state index < -0.39 is 8.32 Å². The maximum absolute atomic E-state index is 8.17. The molecule has 0 radical (unpaired) electrons. The van der Waals surface area contributed by atoms with Gasteiger partial charge in [0.1, 0.15) is 5.75 Å². The van der Waals surface area contributed by atoms with E-state index >= 15 is 0 Å². The molecule has 0 aliphatic heterocycles. The highest BCUT2D eigenvalue weighted by molar-refractivity contribution is 6.99. The molecule has 0 heterocycles. The van der Waals surface area contributed by atoms with Gasteiger partial charge in [0.05, 0.1) is 19.3 Å². The fourth-order valence-corrected chi connectivity index (χ4v) is 15.4. The van der Waals surface area contributed by atoms with Crippen LogP contribution in [0.3, 0.4) is 0 Å². The first-order valence-corrected chi connectivity index (χ1v) is 20.7. The van der Waals surface area contributed by atoms with Crippen molar-refractivity contribution in [3.05, 3.63) is 126 Å². The van der Waals surface area contributed by atoms with Crippen LogP contribution in [-0.4, -0.2) is 33.8 Å². The number of fused-ring (bicyclic) bond motifs is 5. The first kappa shape index (κ1) is 32.7. The van der Waals surface area contributed by atoms with Gasteiger partial charge in [0.2, 0.25) is 0 Å². The molecular weight excluding hydrogens is 615 g/mol. The lowest BCUT2D eigenvalue weighted by molar-refractivity contribution is -0.0174. The van der Waals surface area contributed by atoms with Gasteiger partial charge in [-0.25, -0.2) is 0 Å². The lowest BCUT2D eigenvalue weighted by Crippen LogP contribution is -2.69. The maximum Gasteiger partial charge on any atom is 0.261 e. The van der Waals surface area contributed by atoms with Gasteiger partial charge in [0.25, 0.3) is 8.32 Å². The van der Waals surface area contributed by atoms with Gasteiger partial charge in [0, 0.05) is 12.1 Å². The summed E-state index contributed by atoms with van der Waals surface area (Å²) in [5.74, 6) is 3.95. The number of aliphatic imine (C=N–C) groups is 1. The smallest absolute Gasteiger partial charge is 0.261 e. The van der Waals surface area contributed by atoms with Crippen molar-refractivity contribution in [1.29, 1.82) is 0 Å². The number of hydrogen-bond donors (Lipinski definition) is 0. The molecule has 0 saturated heterocycles. The summed E-state index contributed by atoms with van der Waals surface area (Å²) in [6.07, 6.45) is 9.50. The van der Waals surface area contributed by atoms with Crippen molar-refractivity contribution < 1.29 is 9.16 Å². The highest BCUT2D eigenvalue weighted by Crippen LogP contribution is 2.63. The van der Waals surface area contributed by atoms with Crippen molar-refractivity contribution in [2.24, 2.45) is 28.2 Å². The van der Waals surface area contributed by atoms with Crippen LogP contribution in [0.1, 0.15) is 88.3 Å². The second kappa shape index (κ2) is 12.7. The summed E-state index contributed by atoms with van der Waals surface area (Å²) in [5, 5.41) is 2.65. The molecule has 8 rings (SSSR count). The minimum absolute atomic E-state index is 0.0581. The van der Waals surface area contributed by atoms with Crippen molar-refractivity contribution in [3.63, 3.8) is 0 Å². The number of rotatable bonds is 8. The SMILES string of the molecule is COc1ccc2c(c1)CC[C@@H]1[C@@H]2CC[C@@]2(C)[C@H]1C[C@H](N=CC1C[C@@H]1c1ccccc1)[C@@H]2O[Si](c1ccccc1)(c1ccccc1)C(C)(C)C. The third-order valence-electron chi connectivity index (χ3n) is 13.1. The van der Waals surface area contributed by atoms with Gasteiger partial charge in [-0.15, -0.1) is 0 Å². The zero-order valence-electron chi connectivity index (χ0n) is 30.0. The molecule has 3 nitrogen and oxygen atoms in total. The van der Waals surface area contributed by atoms with E-state index in [1.807, 2.05) is 0 Å². The Bertz CT molecular complexity index is 1740. The van der Waals surface area contributed by atoms with Gasteiger partial charge in [-0.2, -0.15) is 0 Å². The van der Waals surface area contributed by atoms with Gasteiger partial charge in [-0.1, -0.05) is 125 Å². The molecule has 4 aliphatic rings. The Morgan fingerprint density at radius 1 is 0.796 bits per heavy atom. The van der Waals surface area contributed by atoms with E-state index in [2.05, 4.69) is 143 Å². The molecule has 0 aromatic heterocycles. The molecule has 0 N–H and O–H groups in total. The molecule has 3 fully saturated rings. The molecule has 4 heteroatoms. The van der Waals surface area contributed by atoms with Gasteiger partial charge in [-0.3, -0.25) is 4.99 Å². The summed E-state index contributed by atoms with van der Waals surface area (Å²) < 4.78 is 13.8. The van der Waals surface area contributed by atoms with Crippen molar-refractivity contribution in [1.82, 2.24) is 0 Å². The Morgan fingerprint density at radius 2 is 1.45 bits per heavy atom. The summed E-state index contributed by atoms with van der Waals surface area (Å²) in [6, 6.07) is 40.6. The molecule has 0 amide bonds. The Kier molecular flexibility index (Phi) is 8.47. The Morgan fingerprint density at radius 3 is 2.08 bits per heavy atom. The van der Waals surface area contributed by atoms with E-state index in [9.17, 15) is 0 Å². The fourth-order valence-electron chi connectivity index (χ4n) is 10.6. The highest BCUT2D eigenvalue weighted by Gasteiger charge is 2.62. The van der Waals surface area contributed by atoms with Crippen LogP contribution in [0.25, 0.3) is 0 Å². The molecule has 4 aromatic rings. The van der Waals surface area contributed by atoms with Crippen LogP contribution in [0.2, 0.25) is 5.04 Å². The molecule has 8 atom stereocenters. The minimum atomic E-state index is -2.79. The second-order valence-electron chi connectivity index (χ2n) is 16.7. The average molecular weight is 668 g/mol. The van der Waals surface area contributed by atoms with E-state index in [0.717, 1.165) is 18.6 Å². The Labute approximate surface area is 295 Å². The molecule has 1 unspecified atom stereocenters. The number of aryl methyl sites for hydroxylation is 1. The fraction of sp³-hybridized carbons (Fsp3) is 0.444. The Hall–Kier alpha value is -3.47. The number of benzene rings is 4. The van der Waals surface area contributed by atoms with Crippen molar-refractivity contribution in [2.75, 3.05) is 7.11 Å². The zero-order chi connectivity index (χ0) is 33.8. The normalized spacial score (nSPS) is 30.8. The van der Waals surface area contributed by atoms with Crippen LogP contribution in [-0.2, 0) is 10.8 Å². The second-order valence-corrected chi connectivity index (χ2v) is 21.0. The largest absolute Gasteiger partial charge is 0.497 e. The van der Waals surface area contributed by atoms with Gasteiger partial charge >= 0.3 is 0 Å². The molecular formula is C45H53NO2Si. The van der Waals surface area contributed by atoms with Crippen molar-refractivity contribution in [3.8, 4) is 5.75 Å². The minimum Gasteiger partial charge on any atom is -0.497 e. The van der Waals surface area contributed by atoms with Crippen LogP contribution >= 0.6 is 0 Å². The quantitative estimate of drug-likeness (QED) is 0.139. The standard InChI is InChI=1S/C45H53NO2Si/c1-44(2,3)49(35-17-11-7-12-18-35,36-19-13-8-14-20-36)48-43-42(46-30-33-28-40(33)31-15-9-6-10-16-31)29-41-39-23-21-32-27-34(47-5)22-24-37(32)38(39)25-26-45(41,43)4/h6-20,22,24,27,30,33,38-43H,21,23,25-26,28-29H2,1-5H3/t33?,38-,39-,40-,41+,42+,43+,45+/m1/s1. The zero-order valence-corrected chi connectivity index (χ0v) is 31.0. The molecule has 254 valence electrons. The number of hydrogen-bond acceptors (Lipinski definition) is 3. The summed E-state index contributed by atoms with van der Waals surface area (Å²) in [4.78, 5) is 5.63. The third-order valence-corrected chi connectivity index (χ3v) is 18.1. The molecule has 4 aliphatic carbocycles. The topological polar surface area (TPSA) is 30.8 Å². The monoisotopic (exact) mass is 667 g/mol. The van der Waals surface area contributed by atoms with Gasteiger partial charge in [-0.05, 0) is 112 Å². The van der Waals surface area contributed by atoms with Crippen molar-refractivity contribution in [2.45, 2.75) is 95.2 Å². The Balaban J connectivity index is 1.20. The molecule has 4 aromatic carbocycles. The van der Waals surface area contributed by atoms with E-state index in [0.29, 0.717) is 29.6 Å². The third kappa shape index (κ3) is 5.64. The van der Waals surface area contributed by atoms with E-state index in [4.69, 9.17) is 14.2 Å². The molecule has 0 spiro atoms. The van der Waals surface area contributed by atoms with E-state index in [-0.39, 0.29) is 22.6 Å². The molecule has 3 saturated carbocycles. The summed E-state index contributed by atoms with van der Waals surface area (Å²) in [6.45, 7) is 9.86. The first-order valence-electron chi connectivity index (χ1n) is 18.8. The van der Waals surface area contributed by atoms with Crippen molar-refractivity contribution >= 4 is 24.9 Å². The predicted octanol–water partition coefficient (Wildman–Crippen LogP) is 9.35. The average Bonchev–Trinajstić information content (AvgIpc) is 3.85. The van der Waals surface area contributed by atoms with Crippen LogP contribution in [0.4, 0.5) is 0 Å². The number of nitrogens with zero attached hydrogens (tertiary/aromatic N) is 1. The molecule has 0 bridgehead atoms. The van der Waals surface area contributed by atoms with Crippen LogP contribution in [0, 0.1) is 23.2 Å². The maximum atomic E-state index is 8.17. The predicted molar refractivity (Wildman–Crippen MR) is 205 cm³/mol. The lowest BCUT2D eigenvalue weighted by atomic mass is 9.55. The van der Waals surface area contributed by atoms with Crippen LogP contribution in [0.15, 0.2) is 114 Å². The van der Waals surface area contributed by atoms with E-state index in [1.54, 1.807) is 12.7 Å². The highest BCUT2D eigenvalue weighted by atomic mass is 28.4. The number of ether oxygens (including phenoxy) is 1.